The maximum Gasteiger partial charge on any atom is 0.285 e. The third kappa shape index (κ3) is 3.64. The van der Waals surface area contributed by atoms with Gasteiger partial charge in [0.1, 0.15) is 10.9 Å². The average Bonchev–Trinajstić information content (AvgIpc) is 3.47. The second kappa shape index (κ2) is 7.58. The first-order valence-electron chi connectivity index (χ1n) is 9.97. The Bertz CT molecular complexity index is 1300. The zero-order valence-electron chi connectivity index (χ0n) is 16.8. The molecule has 5 rings (SSSR count). The van der Waals surface area contributed by atoms with E-state index >= 15 is 0 Å². The predicted octanol–water partition coefficient (Wildman–Crippen LogP) is 3.67. The van der Waals surface area contributed by atoms with Crippen molar-refractivity contribution >= 4 is 38.8 Å². The van der Waals surface area contributed by atoms with Crippen LogP contribution < -0.4 is 5.32 Å². The van der Waals surface area contributed by atoms with Crippen LogP contribution in [0.15, 0.2) is 63.2 Å². The summed E-state index contributed by atoms with van der Waals surface area (Å²) in [6.45, 7) is 2.55. The number of rotatable bonds is 3. The van der Waals surface area contributed by atoms with Gasteiger partial charge >= 0.3 is 0 Å². The van der Waals surface area contributed by atoms with E-state index in [2.05, 4.69) is 14.7 Å². The minimum absolute atomic E-state index is 0.167. The lowest BCUT2D eigenvalue weighted by Crippen LogP contribution is -2.43. The smallest absolute Gasteiger partial charge is 0.285 e. The molecular weight excluding hydrogens is 432 g/mol. The molecule has 0 bridgehead atoms. The summed E-state index contributed by atoms with van der Waals surface area (Å²) in [5, 5.41) is 5.98. The van der Waals surface area contributed by atoms with Crippen LogP contribution in [-0.4, -0.2) is 42.6 Å². The molecular formula is C22H20N4O3S2. The number of amides is 1. The quantitative estimate of drug-likeness (QED) is 0.655. The van der Waals surface area contributed by atoms with E-state index in [1.54, 1.807) is 35.6 Å². The SMILES string of the molecule is Cc1nc(-c2ccc(NC(=O)[C@@H]3CCCN3C3=NS(=O)(=O)c4ccccc43)cc2)cs1. The summed E-state index contributed by atoms with van der Waals surface area (Å²) < 4.78 is 28.8. The molecule has 1 amide bonds. The number of sulfonamides is 1. The van der Waals surface area contributed by atoms with E-state index in [1.165, 1.54) is 0 Å². The first kappa shape index (κ1) is 19.9. The summed E-state index contributed by atoms with van der Waals surface area (Å²) in [6.07, 6.45) is 1.44. The normalized spacial score (nSPS) is 19.2. The maximum absolute atomic E-state index is 13.0. The second-order valence-corrected chi connectivity index (χ2v) is 10.2. The molecule has 1 aromatic heterocycles. The number of benzene rings is 2. The number of amidine groups is 1. The molecule has 0 unspecified atom stereocenters. The number of carbonyl (C=O) groups excluding carboxylic acids is 1. The van der Waals surface area contributed by atoms with Gasteiger partial charge in [-0.3, -0.25) is 4.79 Å². The molecule has 9 heteroatoms. The minimum Gasteiger partial charge on any atom is -0.343 e. The number of aromatic nitrogens is 1. The molecule has 1 saturated heterocycles. The third-order valence-corrected chi connectivity index (χ3v) is 7.61. The van der Waals surface area contributed by atoms with Crippen LogP contribution in [0.3, 0.4) is 0 Å². The molecule has 31 heavy (non-hydrogen) atoms. The molecule has 1 fully saturated rings. The molecule has 0 aliphatic carbocycles. The fraction of sp³-hybridized carbons (Fsp3) is 0.227. The lowest BCUT2D eigenvalue weighted by molar-refractivity contribution is -0.119. The molecule has 3 aromatic rings. The number of thiazole rings is 1. The highest BCUT2D eigenvalue weighted by molar-refractivity contribution is 7.90. The van der Waals surface area contributed by atoms with Crippen molar-refractivity contribution in [3.8, 4) is 11.3 Å². The van der Waals surface area contributed by atoms with Crippen LogP contribution in [0.4, 0.5) is 5.69 Å². The summed E-state index contributed by atoms with van der Waals surface area (Å²) in [5.74, 6) is 0.196. The number of anilines is 1. The van der Waals surface area contributed by atoms with Gasteiger partial charge in [0.2, 0.25) is 5.91 Å². The zero-order chi connectivity index (χ0) is 21.6. The molecule has 0 saturated carbocycles. The number of nitrogens with zero attached hydrogens (tertiary/aromatic N) is 3. The van der Waals surface area contributed by atoms with Crippen molar-refractivity contribution in [2.45, 2.75) is 30.7 Å². The minimum atomic E-state index is -3.72. The van der Waals surface area contributed by atoms with Crippen molar-refractivity contribution in [1.29, 1.82) is 0 Å². The Morgan fingerprint density at radius 2 is 1.94 bits per heavy atom. The van der Waals surface area contributed by atoms with Gasteiger partial charge in [-0.15, -0.1) is 15.7 Å². The van der Waals surface area contributed by atoms with Gasteiger partial charge in [0, 0.05) is 28.7 Å². The van der Waals surface area contributed by atoms with Crippen LogP contribution in [0.2, 0.25) is 0 Å². The molecule has 158 valence electrons. The second-order valence-electron chi connectivity index (χ2n) is 7.56. The van der Waals surface area contributed by atoms with Crippen LogP contribution in [-0.2, 0) is 14.8 Å². The lowest BCUT2D eigenvalue weighted by atomic mass is 10.1. The van der Waals surface area contributed by atoms with Crippen LogP contribution in [0, 0.1) is 6.92 Å². The summed E-state index contributed by atoms with van der Waals surface area (Å²) >= 11 is 1.60. The van der Waals surface area contributed by atoms with Crippen LogP contribution in [0.5, 0.6) is 0 Å². The van der Waals surface area contributed by atoms with Gasteiger partial charge in [-0.1, -0.05) is 24.3 Å². The van der Waals surface area contributed by atoms with Crippen LogP contribution in [0.25, 0.3) is 11.3 Å². The fourth-order valence-electron chi connectivity index (χ4n) is 4.03. The predicted molar refractivity (Wildman–Crippen MR) is 121 cm³/mol. The first-order chi connectivity index (χ1) is 14.9. The van der Waals surface area contributed by atoms with Crippen molar-refractivity contribution in [2.24, 2.45) is 4.40 Å². The summed E-state index contributed by atoms with van der Waals surface area (Å²) in [7, 11) is -3.72. The van der Waals surface area contributed by atoms with E-state index in [9.17, 15) is 13.2 Å². The van der Waals surface area contributed by atoms with Crippen LogP contribution in [0.1, 0.15) is 23.4 Å². The Labute approximate surface area is 184 Å². The molecule has 1 atom stereocenters. The highest BCUT2D eigenvalue weighted by Gasteiger charge is 2.39. The van der Waals surface area contributed by atoms with E-state index in [1.807, 2.05) is 41.5 Å². The van der Waals surface area contributed by atoms with Gasteiger partial charge in [0.05, 0.1) is 10.7 Å². The molecule has 7 nitrogen and oxygen atoms in total. The average molecular weight is 453 g/mol. The third-order valence-electron chi connectivity index (χ3n) is 5.51. The molecule has 0 spiro atoms. The zero-order valence-corrected chi connectivity index (χ0v) is 18.4. The topological polar surface area (TPSA) is 91.7 Å². The van der Waals surface area contributed by atoms with E-state index < -0.39 is 16.1 Å². The molecule has 3 heterocycles. The number of likely N-dealkylation sites (tertiary alicyclic amines) is 1. The number of aryl methyl sites for hydroxylation is 1. The Kier molecular flexibility index (Phi) is 4.86. The summed E-state index contributed by atoms with van der Waals surface area (Å²) in [5.41, 5.74) is 3.16. The molecule has 0 radical (unpaired) electrons. The number of carbonyl (C=O) groups is 1. The largest absolute Gasteiger partial charge is 0.343 e. The number of fused-ring (bicyclic) bond motifs is 1. The fourth-order valence-corrected chi connectivity index (χ4v) is 5.87. The van der Waals surface area contributed by atoms with E-state index in [-0.39, 0.29) is 10.8 Å². The van der Waals surface area contributed by atoms with Crippen molar-refractivity contribution in [2.75, 3.05) is 11.9 Å². The van der Waals surface area contributed by atoms with E-state index in [0.717, 1.165) is 22.7 Å². The van der Waals surface area contributed by atoms with Crippen molar-refractivity contribution < 1.29 is 13.2 Å². The van der Waals surface area contributed by atoms with E-state index in [4.69, 9.17) is 0 Å². The number of hydrogen-bond acceptors (Lipinski definition) is 6. The standard InChI is InChI=1S/C22H20N4O3S2/c1-14-23-18(13-30-14)15-8-10-16(11-9-15)24-22(27)19-6-4-12-26(19)21-17-5-2-3-7-20(17)31(28,29)25-21/h2-3,5,7-11,13,19H,4,6,12H2,1H3,(H,24,27)/t19-/m0/s1. The molecule has 2 aliphatic rings. The van der Waals surface area contributed by atoms with Crippen molar-refractivity contribution in [3.63, 3.8) is 0 Å². The Morgan fingerprint density at radius 1 is 1.16 bits per heavy atom. The van der Waals surface area contributed by atoms with Gasteiger partial charge in [-0.25, -0.2) is 4.98 Å². The Balaban J connectivity index is 1.35. The first-order valence-corrected chi connectivity index (χ1v) is 12.3. The highest BCUT2D eigenvalue weighted by atomic mass is 32.2. The molecule has 2 aromatic carbocycles. The highest BCUT2D eigenvalue weighted by Crippen LogP contribution is 2.31. The number of nitrogens with one attached hydrogen (secondary N) is 1. The van der Waals surface area contributed by atoms with Crippen molar-refractivity contribution in [1.82, 2.24) is 9.88 Å². The maximum atomic E-state index is 13.0. The van der Waals surface area contributed by atoms with Crippen molar-refractivity contribution in [3.05, 3.63) is 64.5 Å². The number of hydrogen-bond donors (Lipinski definition) is 1. The lowest BCUT2D eigenvalue weighted by Gasteiger charge is -2.25. The van der Waals surface area contributed by atoms with Gasteiger partial charge in [-0.2, -0.15) is 8.42 Å². The summed E-state index contributed by atoms with van der Waals surface area (Å²) in [4.78, 5) is 19.5. The molecule has 2 aliphatic heterocycles. The van der Waals surface area contributed by atoms with Gasteiger partial charge in [0.15, 0.2) is 5.84 Å². The van der Waals surface area contributed by atoms with Crippen LogP contribution >= 0.6 is 11.3 Å². The van der Waals surface area contributed by atoms with Gasteiger partial charge in [0.25, 0.3) is 10.0 Å². The Morgan fingerprint density at radius 3 is 2.68 bits per heavy atom. The van der Waals surface area contributed by atoms with Gasteiger partial charge < -0.3 is 10.2 Å². The summed E-state index contributed by atoms with van der Waals surface area (Å²) in [6, 6.07) is 13.9. The van der Waals surface area contributed by atoms with Gasteiger partial charge in [-0.05, 0) is 44.0 Å². The monoisotopic (exact) mass is 452 g/mol. The Hall–Kier alpha value is -3.04. The van der Waals surface area contributed by atoms with E-state index in [0.29, 0.717) is 30.1 Å². The molecule has 1 N–H and O–H groups in total.